The summed E-state index contributed by atoms with van der Waals surface area (Å²) in [7, 11) is 2.21. The summed E-state index contributed by atoms with van der Waals surface area (Å²) >= 11 is 0. The maximum atomic E-state index is 13.4. The van der Waals surface area contributed by atoms with Gasteiger partial charge in [0.2, 0.25) is 0 Å². The van der Waals surface area contributed by atoms with Crippen molar-refractivity contribution in [2.45, 2.75) is 43.8 Å². The van der Waals surface area contributed by atoms with Gasteiger partial charge in [-0.1, -0.05) is 36.8 Å². The minimum Gasteiger partial charge on any atom is -0.327 e. The Morgan fingerprint density at radius 3 is 2.68 bits per heavy atom. The molecular formula is C21H25N3O. The molecule has 2 aliphatic heterocycles. The maximum absolute atomic E-state index is 13.4. The number of carbonyl (C=O) groups is 1. The molecule has 0 bridgehead atoms. The molecule has 4 rings (SSSR count). The van der Waals surface area contributed by atoms with Gasteiger partial charge in [-0.25, -0.2) is 0 Å². The van der Waals surface area contributed by atoms with E-state index in [0.717, 1.165) is 19.4 Å². The summed E-state index contributed by atoms with van der Waals surface area (Å²) in [6.07, 6.45) is 7.91. The summed E-state index contributed by atoms with van der Waals surface area (Å²) in [6.45, 7) is 1.12. The van der Waals surface area contributed by atoms with Gasteiger partial charge in [0.15, 0.2) is 0 Å². The molecule has 0 unspecified atom stereocenters. The fourth-order valence-electron chi connectivity index (χ4n) is 4.50. The van der Waals surface area contributed by atoms with Crippen LogP contribution in [0, 0.1) is 0 Å². The minimum absolute atomic E-state index is 0.116. The van der Waals surface area contributed by atoms with Gasteiger partial charge in [0.05, 0.1) is 11.6 Å². The number of fused-ring (bicyclic) bond motifs is 1. The molecule has 2 aliphatic rings. The number of hydrogen-bond acceptors (Lipinski definition) is 3. The average molecular weight is 335 g/mol. The lowest BCUT2D eigenvalue weighted by Gasteiger charge is -2.32. The number of aromatic nitrogens is 1. The molecule has 0 spiro atoms. The van der Waals surface area contributed by atoms with Crippen LogP contribution in [0.3, 0.4) is 0 Å². The lowest BCUT2D eigenvalue weighted by atomic mass is 10.0. The summed E-state index contributed by atoms with van der Waals surface area (Å²) < 4.78 is 0. The first-order valence-electron chi connectivity index (χ1n) is 9.23. The molecule has 25 heavy (non-hydrogen) atoms. The molecule has 130 valence electrons. The van der Waals surface area contributed by atoms with Crippen LogP contribution in [0.5, 0.6) is 0 Å². The number of nitrogens with zero attached hydrogens (tertiary/aromatic N) is 3. The maximum Gasteiger partial charge on any atom is 0.256 e. The highest BCUT2D eigenvalue weighted by atomic mass is 16.2. The fourth-order valence-corrected chi connectivity index (χ4v) is 4.50. The van der Waals surface area contributed by atoms with E-state index in [1.165, 1.54) is 18.4 Å². The van der Waals surface area contributed by atoms with Crippen LogP contribution >= 0.6 is 0 Å². The zero-order valence-corrected chi connectivity index (χ0v) is 14.7. The quantitative estimate of drug-likeness (QED) is 0.842. The van der Waals surface area contributed by atoms with Crippen molar-refractivity contribution < 1.29 is 4.79 Å². The Labute approximate surface area is 149 Å². The van der Waals surface area contributed by atoms with Gasteiger partial charge in [0.25, 0.3) is 5.91 Å². The van der Waals surface area contributed by atoms with E-state index in [2.05, 4.69) is 46.1 Å². The second kappa shape index (κ2) is 6.96. The summed E-state index contributed by atoms with van der Waals surface area (Å²) in [6, 6.07) is 15.1. The lowest BCUT2D eigenvalue weighted by molar-refractivity contribution is 0.0632. The molecule has 3 atom stereocenters. The van der Waals surface area contributed by atoms with Crippen molar-refractivity contribution in [3.05, 3.63) is 66.0 Å². The predicted octanol–water partition coefficient (Wildman–Crippen LogP) is 3.52. The third-order valence-electron chi connectivity index (χ3n) is 5.76. The number of likely N-dealkylation sites (tertiary alicyclic amines) is 2. The van der Waals surface area contributed by atoms with Crippen LogP contribution in [0.2, 0.25) is 0 Å². The first kappa shape index (κ1) is 16.3. The standard InChI is InChI=1S/C21H25N3O/c1-23-13-6-5-11-18-20(23)14-19(16-8-3-2-4-9-16)24(18)21(25)17-10-7-12-22-15-17/h2-4,7-10,12,15,18-20H,5-6,11,13-14H2,1H3/t18-,19-,20+/m0/s1. The first-order chi connectivity index (χ1) is 12.3. The van der Waals surface area contributed by atoms with E-state index in [1.807, 2.05) is 18.2 Å². The molecule has 0 N–H and O–H groups in total. The van der Waals surface area contributed by atoms with Crippen molar-refractivity contribution in [2.24, 2.45) is 0 Å². The fraction of sp³-hybridized carbons (Fsp3) is 0.429. The van der Waals surface area contributed by atoms with E-state index in [0.29, 0.717) is 11.6 Å². The Balaban J connectivity index is 1.73. The van der Waals surface area contributed by atoms with Crippen LogP contribution in [-0.4, -0.2) is 46.4 Å². The molecule has 0 saturated carbocycles. The van der Waals surface area contributed by atoms with Gasteiger partial charge in [0, 0.05) is 24.5 Å². The van der Waals surface area contributed by atoms with Crippen molar-refractivity contribution >= 4 is 5.91 Å². The van der Waals surface area contributed by atoms with Gasteiger partial charge < -0.3 is 9.80 Å². The normalized spacial score (nSPS) is 26.9. The molecule has 4 nitrogen and oxygen atoms in total. The highest BCUT2D eigenvalue weighted by Crippen LogP contribution is 2.42. The van der Waals surface area contributed by atoms with Crippen molar-refractivity contribution in [1.29, 1.82) is 0 Å². The number of benzene rings is 1. The topological polar surface area (TPSA) is 36.4 Å². The molecule has 1 aromatic carbocycles. The number of carbonyl (C=O) groups excluding carboxylic acids is 1. The molecule has 2 fully saturated rings. The summed E-state index contributed by atoms with van der Waals surface area (Å²) in [5.74, 6) is 0.116. The van der Waals surface area contributed by atoms with E-state index in [4.69, 9.17) is 0 Å². The first-order valence-corrected chi connectivity index (χ1v) is 9.23. The Hall–Kier alpha value is -2.20. The van der Waals surface area contributed by atoms with E-state index in [-0.39, 0.29) is 18.0 Å². The minimum atomic E-state index is 0.116. The van der Waals surface area contributed by atoms with Gasteiger partial charge in [-0.2, -0.15) is 0 Å². The molecule has 1 amide bonds. The van der Waals surface area contributed by atoms with Crippen molar-refractivity contribution in [2.75, 3.05) is 13.6 Å². The Morgan fingerprint density at radius 2 is 1.92 bits per heavy atom. The molecule has 0 radical (unpaired) electrons. The molecule has 2 aromatic rings. The molecule has 0 aliphatic carbocycles. The molecular weight excluding hydrogens is 310 g/mol. The number of amides is 1. The SMILES string of the molecule is CN1CCCC[C@H]2[C@H]1C[C@@H](c1ccccc1)N2C(=O)c1cccnc1. The highest BCUT2D eigenvalue weighted by Gasteiger charge is 2.46. The summed E-state index contributed by atoms with van der Waals surface area (Å²) in [5.41, 5.74) is 1.93. The third kappa shape index (κ3) is 3.07. The van der Waals surface area contributed by atoms with Crippen LogP contribution in [0.25, 0.3) is 0 Å². The smallest absolute Gasteiger partial charge is 0.256 e. The van der Waals surface area contributed by atoms with E-state index < -0.39 is 0 Å². The summed E-state index contributed by atoms with van der Waals surface area (Å²) in [5, 5.41) is 0. The molecule has 2 saturated heterocycles. The van der Waals surface area contributed by atoms with Crippen molar-refractivity contribution in [1.82, 2.24) is 14.8 Å². The van der Waals surface area contributed by atoms with Crippen LogP contribution in [0.15, 0.2) is 54.9 Å². The lowest BCUT2D eigenvalue weighted by Crippen LogP contribution is -2.44. The molecule has 4 heteroatoms. The van der Waals surface area contributed by atoms with Gasteiger partial charge in [-0.05, 0) is 50.6 Å². The van der Waals surface area contributed by atoms with Gasteiger partial charge in [-0.3, -0.25) is 9.78 Å². The van der Waals surface area contributed by atoms with Crippen molar-refractivity contribution in [3.8, 4) is 0 Å². The third-order valence-corrected chi connectivity index (χ3v) is 5.76. The average Bonchev–Trinajstić information content (AvgIpc) is 2.96. The second-order valence-corrected chi connectivity index (χ2v) is 7.23. The highest BCUT2D eigenvalue weighted by molar-refractivity contribution is 5.94. The zero-order valence-electron chi connectivity index (χ0n) is 14.7. The van der Waals surface area contributed by atoms with Gasteiger partial charge in [0.1, 0.15) is 0 Å². The number of hydrogen-bond donors (Lipinski definition) is 0. The van der Waals surface area contributed by atoms with Crippen LogP contribution in [0.1, 0.15) is 47.6 Å². The molecule has 1 aromatic heterocycles. The van der Waals surface area contributed by atoms with E-state index in [1.54, 1.807) is 12.4 Å². The second-order valence-electron chi connectivity index (χ2n) is 7.23. The van der Waals surface area contributed by atoms with Crippen LogP contribution in [-0.2, 0) is 0 Å². The van der Waals surface area contributed by atoms with Crippen LogP contribution in [0.4, 0.5) is 0 Å². The Morgan fingerprint density at radius 1 is 1.08 bits per heavy atom. The number of likely N-dealkylation sites (N-methyl/N-ethyl adjacent to an activating group) is 1. The molecule has 3 heterocycles. The largest absolute Gasteiger partial charge is 0.327 e. The van der Waals surface area contributed by atoms with Crippen LogP contribution < -0.4 is 0 Å². The summed E-state index contributed by atoms with van der Waals surface area (Å²) in [4.78, 5) is 22.1. The van der Waals surface area contributed by atoms with Gasteiger partial charge in [-0.15, -0.1) is 0 Å². The predicted molar refractivity (Wildman–Crippen MR) is 98.3 cm³/mol. The van der Waals surface area contributed by atoms with Gasteiger partial charge >= 0.3 is 0 Å². The van der Waals surface area contributed by atoms with Crippen molar-refractivity contribution in [3.63, 3.8) is 0 Å². The van der Waals surface area contributed by atoms with E-state index >= 15 is 0 Å². The Bertz CT molecular complexity index is 718. The van der Waals surface area contributed by atoms with E-state index in [9.17, 15) is 4.79 Å². The zero-order chi connectivity index (χ0) is 17.2. The Kier molecular flexibility index (Phi) is 4.53. The number of rotatable bonds is 2. The monoisotopic (exact) mass is 335 g/mol. The number of pyridine rings is 1.